The van der Waals surface area contributed by atoms with E-state index in [0.717, 1.165) is 38.2 Å². The van der Waals surface area contributed by atoms with E-state index in [4.69, 9.17) is 4.42 Å². The van der Waals surface area contributed by atoms with Crippen LogP contribution in [0.5, 0.6) is 0 Å². The molecule has 0 N–H and O–H groups in total. The fourth-order valence-electron chi connectivity index (χ4n) is 3.52. The van der Waals surface area contributed by atoms with Gasteiger partial charge in [0.25, 0.3) is 5.56 Å². The number of piperidine rings is 1. The van der Waals surface area contributed by atoms with Crippen molar-refractivity contribution in [2.75, 3.05) is 13.1 Å². The SMILES string of the molecule is Cn1cc2ncn(C[C@H]3CCCN(Cc4ccco4)C3)c(=O)c2n1. The van der Waals surface area contributed by atoms with Gasteiger partial charge < -0.3 is 4.42 Å². The third kappa shape index (κ3) is 2.99. The van der Waals surface area contributed by atoms with Gasteiger partial charge in [-0.3, -0.25) is 18.9 Å². The lowest BCUT2D eigenvalue weighted by Crippen LogP contribution is -2.38. The number of hydrogen-bond acceptors (Lipinski definition) is 5. The number of likely N-dealkylation sites (tertiary alicyclic amines) is 1. The molecule has 7 heteroatoms. The molecule has 1 aliphatic rings. The number of aromatic nitrogens is 4. The smallest absolute Gasteiger partial charge is 0.281 e. The van der Waals surface area contributed by atoms with E-state index in [-0.39, 0.29) is 5.56 Å². The highest BCUT2D eigenvalue weighted by molar-refractivity contribution is 5.71. The van der Waals surface area contributed by atoms with Crippen molar-refractivity contribution in [1.82, 2.24) is 24.2 Å². The van der Waals surface area contributed by atoms with Crippen LogP contribution in [0.25, 0.3) is 11.0 Å². The van der Waals surface area contributed by atoms with Crippen LogP contribution in [0.1, 0.15) is 18.6 Å². The lowest BCUT2D eigenvalue weighted by molar-refractivity contribution is 0.146. The van der Waals surface area contributed by atoms with Crippen molar-refractivity contribution in [1.29, 1.82) is 0 Å². The summed E-state index contributed by atoms with van der Waals surface area (Å²) in [6.07, 6.45) is 7.40. The number of rotatable bonds is 4. The molecule has 3 aromatic heterocycles. The zero-order valence-electron chi connectivity index (χ0n) is 13.8. The van der Waals surface area contributed by atoms with Gasteiger partial charge in [-0.05, 0) is 37.4 Å². The number of aryl methyl sites for hydroxylation is 1. The van der Waals surface area contributed by atoms with Gasteiger partial charge in [-0.2, -0.15) is 5.10 Å². The Morgan fingerprint density at radius 3 is 3.17 bits per heavy atom. The van der Waals surface area contributed by atoms with Crippen molar-refractivity contribution < 1.29 is 4.42 Å². The molecule has 0 amide bonds. The van der Waals surface area contributed by atoms with Crippen molar-refractivity contribution in [3.8, 4) is 0 Å². The van der Waals surface area contributed by atoms with Crippen LogP contribution in [-0.4, -0.2) is 37.3 Å². The molecule has 1 fully saturated rings. The Balaban J connectivity index is 1.48. The lowest BCUT2D eigenvalue weighted by atomic mass is 9.98. The highest BCUT2D eigenvalue weighted by Gasteiger charge is 2.22. The standard InChI is InChI=1S/C17H21N5O2/c1-20-11-15-16(19-20)17(23)22(12-18-15)9-13-4-2-6-21(8-13)10-14-5-3-7-24-14/h3,5,7,11-13H,2,4,6,8-10H2,1H3/t13-/m0/s1. The van der Waals surface area contributed by atoms with Gasteiger partial charge in [0.1, 0.15) is 11.3 Å². The fraction of sp³-hybridized carbons (Fsp3) is 0.471. The molecule has 0 radical (unpaired) electrons. The Morgan fingerprint density at radius 1 is 1.42 bits per heavy atom. The summed E-state index contributed by atoms with van der Waals surface area (Å²) < 4.78 is 8.78. The van der Waals surface area contributed by atoms with Crippen LogP contribution < -0.4 is 5.56 Å². The molecule has 1 aliphatic heterocycles. The Kier molecular flexibility index (Phi) is 3.93. The first-order valence-electron chi connectivity index (χ1n) is 8.32. The van der Waals surface area contributed by atoms with Crippen molar-refractivity contribution >= 4 is 11.0 Å². The Labute approximate surface area is 139 Å². The normalized spacial score (nSPS) is 19.1. The molecule has 1 atom stereocenters. The average molecular weight is 327 g/mol. The molecular weight excluding hydrogens is 306 g/mol. The Morgan fingerprint density at radius 2 is 2.33 bits per heavy atom. The maximum Gasteiger partial charge on any atom is 0.281 e. The zero-order chi connectivity index (χ0) is 16.5. The van der Waals surface area contributed by atoms with E-state index in [1.165, 1.54) is 0 Å². The quantitative estimate of drug-likeness (QED) is 0.728. The third-order valence-corrected chi connectivity index (χ3v) is 4.63. The third-order valence-electron chi connectivity index (χ3n) is 4.63. The average Bonchev–Trinajstić information content (AvgIpc) is 3.20. The fourth-order valence-corrected chi connectivity index (χ4v) is 3.52. The summed E-state index contributed by atoms with van der Waals surface area (Å²) in [5.74, 6) is 1.43. The van der Waals surface area contributed by atoms with Crippen molar-refractivity contribution in [3.05, 3.63) is 47.0 Å². The first-order chi connectivity index (χ1) is 11.7. The minimum Gasteiger partial charge on any atom is -0.468 e. The zero-order valence-corrected chi connectivity index (χ0v) is 13.8. The predicted molar refractivity (Wildman–Crippen MR) is 89.5 cm³/mol. The van der Waals surface area contributed by atoms with Gasteiger partial charge in [0.15, 0.2) is 5.52 Å². The molecule has 126 valence electrons. The van der Waals surface area contributed by atoms with Crippen LogP contribution in [0, 0.1) is 5.92 Å². The van der Waals surface area contributed by atoms with Gasteiger partial charge >= 0.3 is 0 Å². The van der Waals surface area contributed by atoms with Crippen molar-refractivity contribution in [3.63, 3.8) is 0 Å². The molecule has 1 saturated heterocycles. The van der Waals surface area contributed by atoms with Crippen LogP contribution in [0.2, 0.25) is 0 Å². The van der Waals surface area contributed by atoms with Crippen LogP contribution in [0.3, 0.4) is 0 Å². The molecule has 24 heavy (non-hydrogen) atoms. The van der Waals surface area contributed by atoms with Gasteiger partial charge in [0.2, 0.25) is 0 Å². The first-order valence-corrected chi connectivity index (χ1v) is 8.32. The molecular formula is C17H21N5O2. The Hall–Kier alpha value is -2.41. The van der Waals surface area contributed by atoms with Gasteiger partial charge in [0, 0.05) is 20.1 Å². The van der Waals surface area contributed by atoms with Gasteiger partial charge in [-0.25, -0.2) is 4.98 Å². The van der Waals surface area contributed by atoms with Gasteiger partial charge in [-0.15, -0.1) is 0 Å². The van der Waals surface area contributed by atoms with E-state index in [1.54, 1.807) is 35.1 Å². The minimum absolute atomic E-state index is 0.0521. The van der Waals surface area contributed by atoms with Crippen LogP contribution in [0.15, 0.2) is 40.1 Å². The van der Waals surface area contributed by atoms with E-state index in [2.05, 4.69) is 15.0 Å². The number of fused-ring (bicyclic) bond motifs is 1. The van der Waals surface area contributed by atoms with E-state index in [0.29, 0.717) is 23.5 Å². The molecule has 4 heterocycles. The first kappa shape index (κ1) is 15.1. The monoisotopic (exact) mass is 327 g/mol. The summed E-state index contributed by atoms with van der Waals surface area (Å²) in [6, 6.07) is 3.93. The highest BCUT2D eigenvalue weighted by Crippen LogP contribution is 2.20. The minimum atomic E-state index is -0.0521. The molecule has 0 unspecified atom stereocenters. The van der Waals surface area contributed by atoms with Crippen LogP contribution in [-0.2, 0) is 20.1 Å². The summed E-state index contributed by atoms with van der Waals surface area (Å²) in [7, 11) is 1.80. The number of hydrogen-bond donors (Lipinski definition) is 0. The second-order valence-electron chi connectivity index (χ2n) is 6.56. The summed E-state index contributed by atoms with van der Waals surface area (Å²) in [5.41, 5.74) is 1.05. The molecule has 0 saturated carbocycles. The molecule has 0 aromatic carbocycles. The van der Waals surface area contributed by atoms with E-state index >= 15 is 0 Å². The number of furan rings is 1. The summed E-state index contributed by atoms with van der Waals surface area (Å²) >= 11 is 0. The second kappa shape index (κ2) is 6.24. The molecule has 0 bridgehead atoms. The summed E-state index contributed by atoms with van der Waals surface area (Å²) in [6.45, 7) is 3.56. The second-order valence-corrected chi connectivity index (χ2v) is 6.56. The van der Waals surface area contributed by atoms with Crippen molar-refractivity contribution in [2.45, 2.75) is 25.9 Å². The number of nitrogens with zero attached hydrogens (tertiary/aromatic N) is 5. The predicted octanol–water partition coefficient (Wildman–Crippen LogP) is 1.64. The summed E-state index contributed by atoms with van der Waals surface area (Å²) in [4.78, 5) is 19.3. The molecule has 4 rings (SSSR count). The van der Waals surface area contributed by atoms with Crippen LogP contribution >= 0.6 is 0 Å². The van der Waals surface area contributed by atoms with E-state index in [9.17, 15) is 4.79 Å². The topological polar surface area (TPSA) is 69.1 Å². The molecule has 3 aromatic rings. The Bertz CT molecular complexity index is 880. The van der Waals surface area contributed by atoms with E-state index in [1.807, 2.05) is 12.1 Å². The van der Waals surface area contributed by atoms with E-state index < -0.39 is 0 Å². The van der Waals surface area contributed by atoms with Crippen LogP contribution in [0.4, 0.5) is 0 Å². The largest absolute Gasteiger partial charge is 0.468 e. The van der Waals surface area contributed by atoms with Gasteiger partial charge in [0.05, 0.1) is 25.3 Å². The lowest BCUT2D eigenvalue weighted by Gasteiger charge is -2.32. The van der Waals surface area contributed by atoms with Crippen molar-refractivity contribution in [2.24, 2.45) is 13.0 Å². The molecule has 0 aliphatic carbocycles. The van der Waals surface area contributed by atoms with Gasteiger partial charge in [-0.1, -0.05) is 0 Å². The molecule has 7 nitrogen and oxygen atoms in total. The maximum atomic E-state index is 12.6. The summed E-state index contributed by atoms with van der Waals surface area (Å²) in [5, 5.41) is 4.23. The maximum absolute atomic E-state index is 12.6. The highest BCUT2D eigenvalue weighted by atomic mass is 16.3. The molecule has 0 spiro atoms.